The number of fused-ring (bicyclic) bond motifs is 1. The van der Waals surface area contributed by atoms with Gasteiger partial charge in [0.25, 0.3) is 0 Å². The third kappa shape index (κ3) is 6.09. The van der Waals surface area contributed by atoms with E-state index in [0.717, 1.165) is 47.1 Å². The van der Waals surface area contributed by atoms with E-state index in [-0.39, 0.29) is 24.6 Å². The van der Waals surface area contributed by atoms with E-state index >= 15 is 0 Å². The lowest BCUT2D eigenvalue weighted by Crippen LogP contribution is -2.42. The number of urea groups is 1. The lowest BCUT2D eigenvalue weighted by Gasteiger charge is -2.40. The number of methoxy groups -OCH3 is 1. The summed E-state index contributed by atoms with van der Waals surface area (Å²) in [6, 6.07) is 14.7. The van der Waals surface area contributed by atoms with Gasteiger partial charge in [0.1, 0.15) is 6.61 Å². The fourth-order valence-corrected chi connectivity index (χ4v) is 5.30. The summed E-state index contributed by atoms with van der Waals surface area (Å²) in [5.74, 6) is 0.617. The fourth-order valence-electron chi connectivity index (χ4n) is 4.28. The van der Waals surface area contributed by atoms with Crippen molar-refractivity contribution < 1.29 is 19.1 Å². The molecule has 0 bridgehead atoms. The van der Waals surface area contributed by atoms with Gasteiger partial charge in [-0.15, -0.1) is 0 Å². The number of allylic oxidation sites excluding steroid dienone is 1. The highest BCUT2D eigenvalue weighted by atomic mass is 32.2. The fraction of sp³-hybridized carbons (Fsp3) is 0.370. The van der Waals surface area contributed by atoms with Gasteiger partial charge in [-0.1, -0.05) is 43.0 Å². The molecule has 2 N–H and O–H groups in total. The van der Waals surface area contributed by atoms with E-state index in [1.165, 1.54) is 0 Å². The van der Waals surface area contributed by atoms with Crippen molar-refractivity contribution in [2.45, 2.75) is 32.7 Å². The molecule has 0 aromatic heterocycles. The zero-order valence-electron chi connectivity index (χ0n) is 20.9. The SMILES string of the molecule is CCc1cccc(NC(=O)Nc2ccc(C3C(C(=O)OCCOC)=C(C)N=C4SCCCN43)cc2)c1. The Balaban J connectivity index is 1.52. The molecule has 4 rings (SSSR count). The number of carbonyl (C=O) groups excluding carboxylic acids is 2. The van der Waals surface area contributed by atoms with Crippen LogP contribution in [0.4, 0.5) is 16.2 Å². The Morgan fingerprint density at radius 3 is 2.64 bits per heavy atom. The number of anilines is 2. The highest BCUT2D eigenvalue weighted by Crippen LogP contribution is 2.40. The van der Waals surface area contributed by atoms with Gasteiger partial charge in [-0.25, -0.2) is 14.6 Å². The van der Waals surface area contributed by atoms with Gasteiger partial charge in [0.15, 0.2) is 5.17 Å². The third-order valence-corrected chi connectivity index (χ3v) is 7.15. The van der Waals surface area contributed by atoms with E-state index in [2.05, 4.69) is 22.5 Å². The van der Waals surface area contributed by atoms with Gasteiger partial charge < -0.3 is 25.0 Å². The third-order valence-electron chi connectivity index (χ3n) is 6.08. The minimum Gasteiger partial charge on any atom is -0.460 e. The molecule has 0 aliphatic carbocycles. The van der Waals surface area contributed by atoms with Crippen molar-refractivity contribution in [2.24, 2.45) is 4.99 Å². The number of aliphatic imine (C=N–C) groups is 1. The van der Waals surface area contributed by atoms with Crippen molar-refractivity contribution in [1.82, 2.24) is 4.90 Å². The smallest absolute Gasteiger partial charge is 0.338 e. The van der Waals surface area contributed by atoms with Crippen molar-refractivity contribution in [3.63, 3.8) is 0 Å². The Morgan fingerprint density at radius 2 is 1.89 bits per heavy atom. The summed E-state index contributed by atoms with van der Waals surface area (Å²) in [5.41, 5.74) is 4.70. The van der Waals surface area contributed by atoms with Crippen LogP contribution in [0.2, 0.25) is 0 Å². The van der Waals surface area contributed by atoms with Crippen LogP contribution in [0.15, 0.2) is 64.8 Å². The Labute approximate surface area is 216 Å². The molecule has 2 aliphatic rings. The number of nitrogens with zero attached hydrogens (tertiary/aromatic N) is 2. The second-order valence-electron chi connectivity index (χ2n) is 8.58. The molecule has 1 fully saturated rings. The van der Waals surface area contributed by atoms with E-state index in [4.69, 9.17) is 14.5 Å². The molecule has 0 saturated carbocycles. The molecule has 2 aromatic rings. The summed E-state index contributed by atoms with van der Waals surface area (Å²) in [4.78, 5) is 32.5. The Morgan fingerprint density at radius 1 is 1.11 bits per heavy atom. The van der Waals surface area contributed by atoms with Gasteiger partial charge in [0.2, 0.25) is 0 Å². The number of amidine groups is 1. The van der Waals surface area contributed by atoms with E-state index in [1.54, 1.807) is 18.9 Å². The molecule has 9 heteroatoms. The van der Waals surface area contributed by atoms with E-state index < -0.39 is 0 Å². The summed E-state index contributed by atoms with van der Waals surface area (Å²) >= 11 is 1.70. The average molecular weight is 509 g/mol. The number of aryl methyl sites for hydroxylation is 1. The molecular weight excluding hydrogens is 476 g/mol. The topological polar surface area (TPSA) is 92.3 Å². The first-order chi connectivity index (χ1) is 17.5. The number of benzene rings is 2. The molecule has 1 unspecified atom stereocenters. The number of amides is 2. The van der Waals surface area contributed by atoms with Crippen molar-refractivity contribution in [2.75, 3.05) is 43.3 Å². The van der Waals surface area contributed by atoms with E-state index in [9.17, 15) is 9.59 Å². The molecule has 2 aliphatic heterocycles. The van der Waals surface area contributed by atoms with Crippen LogP contribution < -0.4 is 10.6 Å². The number of carbonyl (C=O) groups is 2. The number of rotatable bonds is 8. The summed E-state index contributed by atoms with van der Waals surface area (Å²) in [5, 5.41) is 6.68. The van der Waals surface area contributed by atoms with Gasteiger partial charge in [-0.3, -0.25) is 0 Å². The van der Waals surface area contributed by atoms with Gasteiger partial charge in [0.05, 0.1) is 23.9 Å². The maximum atomic E-state index is 13.1. The lowest BCUT2D eigenvalue weighted by molar-refractivity contribution is -0.141. The molecule has 8 nitrogen and oxygen atoms in total. The summed E-state index contributed by atoms with van der Waals surface area (Å²) in [6.07, 6.45) is 1.90. The molecule has 0 radical (unpaired) electrons. The number of hydrogen-bond acceptors (Lipinski definition) is 7. The average Bonchev–Trinajstić information content (AvgIpc) is 2.88. The summed E-state index contributed by atoms with van der Waals surface area (Å²) < 4.78 is 10.5. The molecule has 2 aromatic carbocycles. The van der Waals surface area contributed by atoms with Crippen LogP contribution >= 0.6 is 11.8 Å². The van der Waals surface area contributed by atoms with Crippen molar-refractivity contribution in [1.29, 1.82) is 0 Å². The maximum absolute atomic E-state index is 13.1. The van der Waals surface area contributed by atoms with Crippen LogP contribution in [0.25, 0.3) is 0 Å². The van der Waals surface area contributed by atoms with E-state index in [0.29, 0.717) is 23.6 Å². The molecule has 190 valence electrons. The first-order valence-electron chi connectivity index (χ1n) is 12.1. The van der Waals surface area contributed by atoms with Crippen molar-refractivity contribution in [3.05, 3.63) is 70.9 Å². The largest absolute Gasteiger partial charge is 0.460 e. The van der Waals surface area contributed by atoms with Gasteiger partial charge in [-0.2, -0.15) is 0 Å². The molecule has 2 heterocycles. The number of thioether (sulfide) groups is 1. The monoisotopic (exact) mass is 508 g/mol. The van der Waals surface area contributed by atoms with Crippen LogP contribution in [0.3, 0.4) is 0 Å². The van der Waals surface area contributed by atoms with Gasteiger partial charge in [-0.05, 0) is 55.2 Å². The highest BCUT2D eigenvalue weighted by molar-refractivity contribution is 8.13. The second kappa shape index (κ2) is 12.1. The minimum atomic E-state index is -0.385. The molecule has 2 amide bonds. The Hall–Kier alpha value is -3.30. The lowest BCUT2D eigenvalue weighted by atomic mass is 9.94. The van der Waals surface area contributed by atoms with Crippen molar-refractivity contribution >= 4 is 40.3 Å². The van der Waals surface area contributed by atoms with Crippen LogP contribution in [0.5, 0.6) is 0 Å². The van der Waals surface area contributed by atoms with Crippen LogP contribution in [-0.2, 0) is 20.7 Å². The predicted octanol–water partition coefficient (Wildman–Crippen LogP) is 5.21. The minimum absolute atomic E-state index is 0.184. The summed E-state index contributed by atoms with van der Waals surface area (Å²) in [7, 11) is 1.57. The van der Waals surface area contributed by atoms with Crippen LogP contribution in [-0.4, -0.2) is 54.7 Å². The Kier molecular flexibility index (Phi) is 8.66. The van der Waals surface area contributed by atoms with Crippen LogP contribution in [0.1, 0.15) is 37.4 Å². The predicted molar refractivity (Wildman–Crippen MR) is 144 cm³/mol. The summed E-state index contributed by atoms with van der Waals surface area (Å²) in [6.45, 7) is 5.25. The first-order valence-corrected chi connectivity index (χ1v) is 13.1. The molecule has 1 saturated heterocycles. The second-order valence-corrected chi connectivity index (χ2v) is 9.64. The standard InChI is InChI=1S/C27H32N4O4S/c1-4-19-7-5-8-22(17-19)30-26(33)29-21-11-9-20(10-12-21)24-23(25(32)35-15-14-34-3)18(2)28-27-31(24)13-6-16-36-27/h5,7-12,17,24H,4,6,13-16H2,1-3H3,(H2,29,30,33). The van der Waals surface area contributed by atoms with Crippen LogP contribution in [0, 0.1) is 0 Å². The zero-order valence-corrected chi connectivity index (χ0v) is 21.7. The Bertz CT molecular complexity index is 1160. The normalized spacial score (nSPS) is 17.2. The van der Waals surface area contributed by atoms with Gasteiger partial charge >= 0.3 is 12.0 Å². The molecule has 1 atom stereocenters. The molecular formula is C27H32N4O4S. The molecule has 0 spiro atoms. The number of esters is 1. The highest BCUT2D eigenvalue weighted by Gasteiger charge is 2.37. The number of ether oxygens (including phenoxy) is 2. The first kappa shape index (κ1) is 25.8. The molecule has 36 heavy (non-hydrogen) atoms. The van der Waals surface area contributed by atoms with Crippen molar-refractivity contribution in [3.8, 4) is 0 Å². The van der Waals surface area contributed by atoms with E-state index in [1.807, 2.05) is 55.5 Å². The maximum Gasteiger partial charge on any atom is 0.338 e. The number of hydrogen-bond donors (Lipinski definition) is 2. The van der Waals surface area contributed by atoms with Gasteiger partial charge in [0, 0.05) is 30.8 Å². The number of nitrogens with one attached hydrogen (secondary N) is 2. The quantitative estimate of drug-likeness (QED) is 0.376. The zero-order chi connectivity index (χ0) is 25.5.